The van der Waals surface area contributed by atoms with E-state index in [-0.39, 0.29) is 23.2 Å². The maximum atomic E-state index is 12.2. The van der Waals surface area contributed by atoms with E-state index in [1.807, 2.05) is 18.4 Å². The molecule has 2 heterocycles. The van der Waals surface area contributed by atoms with Gasteiger partial charge in [-0.2, -0.15) is 0 Å². The van der Waals surface area contributed by atoms with Crippen LogP contribution in [-0.4, -0.2) is 26.5 Å². The lowest BCUT2D eigenvalue weighted by atomic mass is 10.2. The van der Waals surface area contributed by atoms with Gasteiger partial charge in [0.25, 0.3) is 5.91 Å². The van der Waals surface area contributed by atoms with Gasteiger partial charge in [0.1, 0.15) is 5.69 Å². The first kappa shape index (κ1) is 13.8. The van der Waals surface area contributed by atoms with Gasteiger partial charge in [0.15, 0.2) is 0 Å². The molecule has 20 heavy (non-hydrogen) atoms. The molecule has 0 atom stereocenters. The third-order valence-corrected chi connectivity index (χ3v) is 2.87. The number of carbonyl (C=O) groups is 2. The first-order valence-electron chi connectivity index (χ1n) is 6.16. The van der Waals surface area contributed by atoms with Crippen molar-refractivity contribution >= 4 is 17.6 Å². The van der Waals surface area contributed by atoms with Gasteiger partial charge in [0, 0.05) is 18.4 Å². The van der Waals surface area contributed by atoms with E-state index >= 15 is 0 Å². The summed E-state index contributed by atoms with van der Waals surface area (Å²) in [6.07, 6.45) is 4.50. The van der Waals surface area contributed by atoms with E-state index in [1.54, 1.807) is 18.3 Å². The molecule has 0 aliphatic heterocycles. The lowest BCUT2D eigenvalue weighted by Gasteiger charge is -2.13. The summed E-state index contributed by atoms with van der Waals surface area (Å²) in [5, 5.41) is 11.7. The van der Waals surface area contributed by atoms with E-state index in [0.717, 1.165) is 0 Å². The number of aromatic carboxylic acids is 1. The van der Waals surface area contributed by atoms with Crippen LogP contribution in [0.25, 0.3) is 0 Å². The molecule has 1 amide bonds. The van der Waals surface area contributed by atoms with Crippen LogP contribution in [0.4, 0.5) is 5.69 Å². The highest BCUT2D eigenvalue weighted by molar-refractivity contribution is 6.06. The summed E-state index contributed by atoms with van der Waals surface area (Å²) in [7, 11) is 0. The first-order chi connectivity index (χ1) is 9.50. The molecule has 0 aromatic carbocycles. The number of pyridine rings is 1. The number of aromatic nitrogens is 2. The van der Waals surface area contributed by atoms with Crippen LogP contribution in [0.3, 0.4) is 0 Å². The van der Waals surface area contributed by atoms with Gasteiger partial charge in [-0.25, -0.2) is 4.79 Å². The standard InChI is InChI=1S/C14H15N3O3/c1-9(2)17-7-3-4-12(17)13(18)16-11-8-15-6-5-10(11)14(19)20/h3-9H,1-2H3,(H,16,18)(H,19,20). The molecular formula is C14H15N3O3. The van der Waals surface area contributed by atoms with Crippen LogP contribution >= 0.6 is 0 Å². The third-order valence-electron chi connectivity index (χ3n) is 2.87. The number of nitrogens with zero attached hydrogens (tertiary/aromatic N) is 2. The van der Waals surface area contributed by atoms with E-state index in [9.17, 15) is 9.59 Å². The van der Waals surface area contributed by atoms with Gasteiger partial charge in [-0.1, -0.05) is 0 Å². The fourth-order valence-corrected chi connectivity index (χ4v) is 1.90. The van der Waals surface area contributed by atoms with Crippen molar-refractivity contribution in [2.45, 2.75) is 19.9 Å². The zero-order valence-electron chi connectivity index (χ0n) is 11.2. The van der Waals surface area contributed by atoms with E-state index in [1.165, 1.54) is 18.5 Å². The highest BCUT2D eigenvalue weighted by Gasteiger charge is 2.16. The Bertz CT molecular complexity index is 647. The molecule has 0 fully saturated rings. The smallest absolute Gasteiger partial charge is 0.337 e. The topological polar surface area (TPSA) is 84.2 Å². The molecular weight excluding hydrogens is 258 g/mol. The Morgan fingerprint density at radius 2 is 2.10 bits per heavy atom. The van der Waals surface area contributed by atoms with Gasteiger partial charge in [-0.05, 0) is 32.0 Å². The number of amides is 1. The first-order valence-corrected chi connectivity index (χ1v) is 6.16. The van der Waals surface area contributed by atoms with Crippen molar-refractivity contribution < 1.29 is 14.7 Å². The predicted molar refractivity (Wildman–Crippen MR) is 74.0 cm³/mol. The average molecular weight is 273 g/mol. The number of hydrogen-bond acceptors (Lipinski definition) is 3. The highest BCUT2D eigenvalue weighted by atomic mass is 16.4. The summed E-state index contributed by atoms with van der Waals surface area (Å²) >= 11 is 0. The van der Waals surface area contributed by atoms with Crippen molar-refractivity contribution in [3.63, 3.8) is 0 Å². The SMILES string of the molecule is CC(C)n1cccc1C(=O)Nc1cnccc1C(=O)O. The molecule has 2 aromatic rings. The lowest BCUT2D eigenvalue weighted by Crippen LogP contribution is -2.19. The minimum Gasteiger partial charge on any atom is -0.478 e. The van der Waals surface area contributed by atoms with Crippen molar-refractivity contribution in [1.82, 2.24) is 9.55 Å². The van der Waals surface area contributed by atoms with Crippen LogP contribution in [0.1, 0.15) is 40.7 Å². The number of rotatable bonds is 4. The second-order valence-corrected chi connectivity index (χ2v) is 4.57. The second kappa shape index (κ2) is 5.56. The number of hydrogen-bond donors (Lipinski definition) is 2. The zero-order chi connectivity index (χ0) is 14.7. The number of carboxylic acids is 1. The molecule has 0 saturated heterocycles. The van der Waals surface area contributed by atoms with Crippen LogP contribution < -0.4 is 5.32 Å². The van der Waals surface area contributed by atoms with Crippen molar-refractivity contribution in [2.75, 3.05) is 5.32 Å². The molecule has 0 bridgehead atoms. The molecule has 6 nitrogen and oxygen atoms in total. The van der Waals surface area contributed by atoms with Crippen LogP contribution in [0.2, 0.25) is 0 Å². The van der Waals surface area contributed by atoms with Crippen molar-refractivity contribution in [2.24, 2.45) is 0 Å². The quantitative estimate of drug-likeness (QED) is 0.896. The van der Waals surface area contributed by atoms with Gasteiger partial charge in [-0.3, -0.25) is 9.78 Å². The maximum Gasteiger partial charge on any atom is 0.337 e. The Morgan fingerprint density at radius 3 is 2.75 bits per heavy atom. The zero-order valence-corrected chi connectivity index (χ0v) is 11.2. The van der Waals surface area contributed by atoms with Crippen LogP contribution in [0.15, 0.2) is 36.8 Å². The molecule has 2 rings (SSSR count). The van der Waals surface area contributed by atoms with Crippen molar-refractivity contribution in [3.8, 4) is 0 Å². The number of carbonyl (C=O) groups excluding carboxylic acids is 1. The molecule has 0 spiro atoms. The fourth-order valence-electron chi connectivity index (χ4n) is 1.90. The summed E-state index contributed by atoms with van der Waals surface area (Å²) in [5.41, 5.74) is 0.665. The van der Waals surface area contributed by atoms with E-state index < -0.39 is 5.97 Å². The van der Waals surface area contributed by atoms with Gasteiger partial charge in [0.05, 0.1) is 17.4 Å². The fraction of sp³-hybridized carbons (Fsp3) is 0.214. The third kappa shape index (κ3) is 2.69. The Labute approximate surface area is 116 Å². The summed E-state index contributed by atoms with van der Waals surface area (Å²) in [6, 6.07) is 4.94. The summed E-state index contributed by atoms with van der Waals surface area (Å²) in [5.74, 6) is -1.47. The summed E-state index contributed by atoms with van der Waals surface area (Å²) in [6.45, 7) is 3.92. The predicted octanol–water partition coefficient (Wildman–Crippen LogP) is 2.41. The largest absolute Gasteiger partial charge is 0.478 e. The van der Waals surface area contributed by atoms with Crippen LogP contribution in [0, 0.1) is 0 Å². The van der Waals surface area contributed by atoms with Crippen molar-refractivity contribution in [1.29, 1.82) is 0 Å². The Morgan fingerprint density at radius 1 is 1.35 bits per heavy atom. The second-order valence-electron chi connectivity index (χ2n) is 4.57. The number of anilines is 1. The van der Waals surface area contributed by atoms with Crippen LogP contribution in [-0.2, 0) is 0 Å². The van der Waals surface area contributed by atoms with Gasteiger partial charge in [0.2, 0.25) is 0 Å². The maximum absolute atomic E-state index is 12.2. The summed E-state index contributed by atoms with van der Waals surface area (Å²) in [4.78, 5) is 27.1. The van der Waals surface area contributed by atoms with Crippen molar-refractivity contribution in [3.05, 3.63) is 48.0 Å². The average Bonchev–Trinajstić information content (AvgIpc) is 2.88. The Balaban J connectivity index is 2.29. The minimum atomic E-state index is -1.11. The van der Waals surface area contributed by atoms with Gasteiger partial charge < -0.3 is 15.0 Å². The Hall–Kier alpha value is -2.63. The molecule has 0 saturated carbocycles. The summed E-state index contributed by atoms with van der Waals surface area (Å²) < 4.78 is 1.81. The molecule has 6 heteroatoms. The van der Waals surface area contributed by atoms with Gasteiger partial charge in [-0.15, -0.1) is 0 Å². The molecule has 0 radical (unpaired) electrons. The molecule has 2 aromatic heterocycles. The molecule has 0 unspecified atom stereocenters. The minimum absolute atomic E-state index is 0.0102. The number of carboxylic acid groups (broad SMARTS) is 1. The van der Waals surface area contributed by atoms with E-state index in [0.29, 0.717) is 5.69 Å². The molecule has 2 N–H and O–H groups in total. The molecule has 0 aliphatic rings. The monoisotopic (exact) mass is 273 g/mol. The molecule has 104 valence electrons. The van der Waals surface area contributed by atoms with E-state index in [2.05, 4.69) is 10.3 Å². The van der Waals surface area contributed by atoms with E-state index in [4.69, 9.17) is 5.11 Å². The molecule has 0 aliphatic carbocycles. The number of nitrogens with one attached hydrogen (secondary N) is 1. The Kier molecular flexibility index (Phi) is 3.84. The highest BCUT2D eigenvalue weighted by Crippen LogP contribution is 2.16. The lowest BCUT2D eigenvalue weighted by molar-refractivity contribution is 0.0698. The van der Waals surface area contributed by atoms with Crippen LogP contribution in [0.5, 0.6) is 0 Å². The van der Waals surface area contributed by atoms with Gasteiger partial charge >= 0.3 is 5.97 Å². The normalized spacial score (nSPS) is 10.6.